The summed E-state index contributed by atoms with van der Waals surface area (Å²) in [7, 11) is 1.16. The molecular formula is C29H49N5O10. The standard InChI is InChI=1S/C29H49N5O10/c1-11-13-42-16-19(23(36)30-15-21(35)41-10)31-25(38)22(18(3)4)33-26(39)29(8,9)34-24(37)20(17-43-14-12-2)32-27(40)44-28(5,6)7/h11-12,18-20,22H,1-2,13-17H2,3-10H3,(H,30,36)(H,31,38)(H,32,40)(H,33,39)(H,34,37)/t19-,20-,22-/m0/s1. The Balaban J connectivity index is 5.69. The van der Waals surface area contributed by atoms with Crippen LogP contribution < -0.4 is 26.6 Å². The van der Waals surface area contributed by atoms with Crippen LogP contribution >= 0.6 is 0 Å². The summed E-state index contributed by atoms with van der Waals surface area (Å²) < 4.78 is 20.4. The van der Waals surface area contributed by atoms with Gasteiger partial charge in [0.25, 0.3) is 0 Å². The lowest BCUT2D eigenvalue weighted by Crippen LogP contribution is -2.63. The molecule has 0 aliphatic rings. The molecule has 0 saturated heterocycles. The quantitative estimate of drug-likeness (QED) is 0.0743. The second-order valence-electron chi connectivity index (χ2n) is 11.5. The summed E-state index contributed by atoms with van der Waals surface area (Å²) in [5.41, 5.74) is -2.39. The van der Waals surface area contributed by atoms with E-state index in [0.29, 0.717) is 0 Å². The molecule has 0 aliphatic heterocycles. The van der Waals surface area contributed by atoms with Crippen LogP contribution in [-0.4, -0.2) is 105 Å². The van der Waals surface area contributed by atoms with E-state index in [0.717, 1.165) is 7.11 Å². The number of nitrogens with one attached hydrogen (secondary N) is 5. The third-order valence-electron chi connectivity index (χ3n) is 5.55. The van der Waals surface area contributed by atoms with E-state index < -0.39 is 77.4 Å². The Morgan fingerprint density at radius 1 is 0.773 bits per heavy atom. The van der Waals surface area contributed by atoms with Gasteiger partial charge in [0.1, 0.15) is 35.8 Å². The Morgan fingerprint density at radius 3 is 1.75 bits per heavy atom. The monoisotopic (exact) mass is 627 g/mol. The first-order valence-electron chi connectivity index (χ1n) is 14.0. The van der Waals surface area contributed by atoms with E-state index in [-0.39, 0.29) is 26.4 Å². The molecular weight excluding hydrogens is 578 g/mol. The van der Waals surface area contributed by atoms with Crippen molar-refractivity contribution in [2.75, 3.05) is 40.1 Å². The van der Waals surface area contributed by atoms with E-state index in [2.05, 4.69) is 44.5 Å². The van der Waals surface area contributed by atoms with E-state index >= 15 is 0 Å². The van der Waals surface area contributed by atoms with Crippen LogP contribution in [-0.2, 0) is 42.9 Å². The van der Waals surface area contributed by atoms with E-state index in [1.807, 2.05) is 0 Å². The lowest BCUT2D eigenvalue weighted by Gasteiger charge is -2.31. The van der Waals surface area contributed by atoms with Crippen molar-refractivity contribution < 1.29 is 47.7 Å². The normalized spacial score (nSPS) is 13.4. The van der Waals surface area contributed by atoms with Crippen LogP contribution in [0.3, 0.4) is 0 Å². The van der Waals surface area contributed by atoms with Crippen LogP contribution in [0.25, 0.3) is 0 Å². The second-order valence-corrected chi connectivity index (χ2v) is 11.5. The molecule has 0 unspecified atom stereocenters. The number of carbonyl (C=O) groups is 6. The number of esters is 1. The van der Waals surface area contributed by atoms with Crippen LogP contribution in [0.2, 0.25) is 0 Å². The highest BCUT2D eigenvalue weighted by Crippen LogP contribution is 2.10. The van der Waals surface area contributed by atoms with Crippen LogP contribution in [0.1, 0.15) is 48.5 Å². The molecule has 0 aromatic rings. The summed E-state index contributed by atoms with van der Waals surface area (Å²) in [4.78, 5) is 76.2. The van der Waals surface area contributed by atoms with Gasteiger partial charge in [-0.05, 0) is 40.5 Å². The van der Waals surface area contributed by atoms with E-state index in [9.17, 15) is 28.8 Å². The van der Waals surface area contributed by atoms with Gasteiger partial charge in [-0.25, -0.2) is 4.79 Å². The van der Waals surface area contributed by atoms with E-state index in [1.54, 1.807) is 34.6 Å². The lowest BCUT2D eigenvalue weighted by molar-refractivity contribution is -0.142. The first-order chi connectivity index (χ1) is 20.4. The predicted octanol–water partition coefficient (Wildman–Crippen LogP) is 0.0945. The molecule has 250 valence electrons. The fourth-order valence-corrected chi connectivity index (χ4v) is 3.28. The molecule has 0 radical (unpaired) electrons. The van der Waals surface area contributed by atoms with Crippen molar-refractivity contribution in [2.24, 2.45) is 5.92 Å². The highest BCUT2D eigenvalue weighted by atomic mass is 16.6. The highest BCUT2D eigenvalue weighted by Gasteiger charge is 2.37. The average molecular weight is 628 g/mol. The number of hydrogen-bond acceptors (Lipinski definition) is 10. The van der Waals surface area contributed by atoms with Crippen molar-refractivity contribution in [3.05, 3.63) is 25.3 Å². The number of rotatable bonds is 19. The third kappa shape index (κ3) is 16.0. The number of carbonyl (C=O) groups excluding carboxylic acids is 6. The zero-order valence-electron chi connectivity index (χ0n) is 27.0. The Kier molecular flexibility index (Phi) is 17.6. The second kappa shape index (κ2) is 19.3. The number of methoxy groups -OCH3 is 1. The smallest absolute Gasteiger partial charge is 0.408 e. The number of amides is 5. The minimum absolute atomic E-state index is 0.0945. The van der Waals surface area contributed by atoms with Gasteiger partial charge in [-0.15, -0.1) is 13.2 Å². The van der Waals surface area contributed by atoms with E-state index in [4.69, 9.17) is 14.2 Å². The largest absolute Gasteiger partial charge is 0.468 e. The molecule has 0 rings (SSSR count). The summed E-state index contributed by atoms with van der Waals surface area (Å²) in [6.45, 7) is 17.5. The van der Waals surface area contributed by atoms with Gasteiger partial charge in [0, 0.05) is 0 Å². The highest BCUT2D eigenvalue weighted by molar-refractivity contribution is 5.97. The average Bonchev–Trinajstić information content (AvgIpc) is 2.91. The van der Waals surface area contributed by atoms with Crippen molar-refractivity contribution in [3.63, 3.8) is 0 Å². The Bertz CT molecular complexity index is 1020. The SMILES string of the molecule is C=CCOC[C@H](NC(=O)OC(C)(C)C)C(=O)NC(C)(C)C(=O)N[C@H](C(=O)N[C@@H](COCC=C)C(=O)NCC(=O)OC)C(C)C. The summed E-state index contributed by atoms with van der Waals surface area (Å²) in [6, 6.07) is -3.57. The van der Waals surface area contributed by atoms with Gasteiger partial charge in [0.2, 0.25) is 23.6 Å². The fraction of sp³-hybridized carbons (Fsp3) is 0.655. The first-order valence-corrected chi connectivity index (χ1v) is 14.0. The van der Waals surface area contributed by atoms with Gasteiger partial charge in [0.05, 0.1) is 33.5 Å². The van der Waals surface area contributed by atoms with Crippen molar-refractivity contribution in [3.8, 4) is 0 Å². The van der Waals surface area contributed by atoms with Crippen molar-refractivity contribution in [2.45, 2.75) is 77.7 Å². The molecule has 0 spiro atoms. The summed E-state index contributed by atoms with van der Waals surface area (Å²) in [6.07, 6.45) is 2.06. The van der Waals surface area contributed by atoms with Crippen molar-refractivity contribution in [1.82, 2.24) is 26.6 Å². The van der Waals surface area contributed by atoms with Crippen molar-refractivity contribution >= 4 is 35.7 Å². The van der Waals surface area contributed by atoms with Gasteiger partial charge >= 0.3 is 12.1 Å². The molecule has 0 heterocycles. The molecule has 15 nitrogen and oxygen atoms in total. The molecule has 5 amide bonds. The zero-order chi connectivity index (χ0) is 34.1. The molecule has 0 bridgehead atoms. The summed E-state index contributed by atoms with van der Waals surface area (Å²) >= 11 is 0. The van der Waals surface area contributed by atoms with Gasteiger partial charge in [-0.1, -0.05) is 26.0 Å². The number of ether oxygens (including phenoxy) is 4. The van der Waals surface area contributed by atoms with Crippen LogP contribution in [0, 0.1) is 5.92 Å². The Hall–Kier alpha value is -3.98. The van der Waals surface area contributed by atoms with Crippen LogP contribution in [0.15, 0.2) is 25.3 Å². The number of alkyl carbamates (subject to hydrolysis) is 1. The summed E-state index contributed by atoms with van der Waals surface area (Å²) in [5, 5.41) is 12.5. The molecule has 0 aromatic heterocycles. The molecule has 0 saturated carbocycles. The molecule has 0 aromatic carbocycles. The topological polar surface area (TPSA) is 199 Å². The van der Waals surface area contributed by atoms with Gasteiger partial charge in [-0.2, -0.15) is 0 Å². The molecule has 15 heteroatoms. The maximum absolute atomic E-state index is 13.3. The van der Waals surface area contributed by atoms with E-state index in [1.165, 1.54) is 26.0 Å². The lowest BCUT2D eigenvalue weighted by atomic mass is 9.98. The van der Waals surface area contributed by atoms with Crippen molar-refractivity contribution in [1.29, 1.82) is 0 Å². The maximum atomic E-state index is 13.3. The van der Waals surface area contributed by atoms with Gasteiger partial charge < -0.3 is 45.5 Å². The van der Waals surface area contributed by atoms with Crippen LogP contribution in [0.5, 0.6) is 0 Å². The minimum atomic E-state index is -1.57. The predicted molar refractivity (Wildman–Crippen MR) is 161 cm³/mol. The minimum Gasteiger partial charge on any atom is -0.468 e. The molecule has 0 aliphatic carbocycles. The first kappa shape index (κ1) is 40.0. The Labute approximate surface area is 259 Å². The number of hydrogen-bond donors (Lipinski definition) is 5. The van der Waals surface area contributed by atoms with Crippen LogP contribution in [0.4, 0.5) is 4.79 Å². The van der Waals surface area contributed by atoms with Gasteiger partial charge in [0.15, 0.2) is 0 Å². The maximum Gasteiger partial charge on any atom is 0.408 e. The fourth-order valence-electron chi connectivity index (χ4n) is 3.28. The molecule has 0 fully saturated rings. The molecule has 5 N–H and O–H groups in total. The third-order valence-corrected chi connectivity index (χ3v) is 5.55. The molecule has 3 atom stereocenters. The molecule has 44 heavy (non-hydrogen) atoms. The summed E-state index contributed by atoms with van der Waals surface area (Å²) in [5.74, 6) is -4.03. The Morgan fingerprint density at radius 2 is 1.30 bits per heavy atom. The zero-order valence-corrected chi connectivity index (χ0v) is 27.0. The van der Waals surface area contributed by atoms with Gasteiger partial charge in [-0.3, -0.25) is 24.0 Å².